The third-order valence-electron chi connectivity index (χ3n) is 6.48. The highest BCUT2D eigenvalue weighted by Crippen LogP contribution is 2.32. The van der Waals surface area contributed by atoms with Gasteiger partial charge >= 0.3 is 0 Å². The van der Waals surface area contributed by atoms with Crippen LogP contribution in [0.1, 0.15) is 25.5 Å². The van der Waals surface area contributed by atoms with E-state index in [9.17, 15) is 9.90 Å². The summed E-state index contributed by atoms with van der Waals surface area (Å²) >= 11 is 0. The van der Waals surface area contributed by atoms with Gasteiger partial charge in [0.2, 0.25) is 5.95 Å². The van der Waals surface area contributed by atoms with Gasteiger partial charge < -0.3 is 14.9 Å². The Morgan fingerprint density at radius 2 is 1.68 bits per heavy atom. The van der Waals surface area contributed by atoms with E-state index in [0.717, 1.165) is 48.1 Å². The molecular weight excluding hydrogens is 426 g/mol. The summed E-state index contributed by atoms with van der Waals surface area (Å²) in [6.07, 6.45) is 2.92. The van der Waals surface area contributed by atoms with E-state index >= 15 is 0 Å². The van der Waals surface area contributed by atoms with Crippen LogP contribution in [-0.2, 0) is 0 Å². The van der Waals surface area contributed by atoms with Gasteiger partial charge in [-0.1, -0.05) is 38.1 Å². The SMILES string of the molecule is CC(C)C(O)c1ccc2cccc(N3CCN(c4nc(-c5ccncc5)cc(=O)[nH]4)CC3)c2c1. The number of nitrogens with zero attached hydrogens (tertiary/aromatic N) is 4. The summed E-state index contributed by atoms with van der Waals surface area (Å²) in [5.41, 5.74) is 3.47. The van der Waals surface area contributed by atoms with Crippen molar-refractivity contribution in [2.75, 3.05) is 36.0 Å². The van der Waals surface area contributed by atoms with E-state index in [1.54, 1.807) is 12.4 Å². The molecule has 1 fully saturated rings. The van der Waals surface area contributed by atoms with Gasteiger partial charge in [0, 0.05) is 61.3 Å². The lowest BCUT2D eigenvalue weighted by Gasteiger charge is -2.37. The molecule has 0 spiro atoms. The average molecular weight is 456 g/mol. The maximum absolute atomic E-state index is 12.3. The van der Waals surface area contributed by atoms with Crippen molar-refractivity contribution in [3.63, 3.8) is 0 Å². The highest BCUT2D eigenvalue weighted by atomic mass is 16.3. The first kappa shape index (κ1) is 22.1. The summed E-state index contributed by atoms with van der Waals surface area (Å²) in [5, 5.41) is 12.9. The summed E-state index contributed by atoms with van der Waals surface area (Å²) in [6.45, 7) is 7.16. The van der Waals surface area contributed by atoms with Gasteiger partial charge in [-0.2, -0.15) is 0 Å². The molecule has 7 nitrogen and oxygen atoms in total. The molecule has 7 heteroatoms. The van der Waals surface area contributed by atoms with E-state index in [1.807, 2.05) is 32.0 Å². The smallest absolute Gasteiger partial charge is 0.252 e. The highest BCUT2D eigenvalue weighted by Gasteiger charge is 2.22. The van der Waals surface area contributed by atoms with Crippen LogP contribution < -0.4 is 15.4 Å². The number of hydrogen-bond acceptors (Lipinski definition) is 6. The van der Waals surface area contributed by atoms with Crippen molar-refractivity contribution in [2.24, 2.45) is 5.92 Å². The molecule has 4 aromatic rings. The Hall–Kier alpha value is -3.71. The first-order valence-corrected chi connectivity index (χ1v) is 11.7. The molecule has 1 saturated heterocycles. The molecule has 1 aliphatic rings. The van der Waals surface area contributed by atoms with Crippen LogP contribution in [0.5, 0.6) is 0 Å². The largest absolute Gasteiger partial charge is 0.388 e. The molecule has 1 unspecified atom stereocenters. The first-order chi connectivity index (χ1) is 16.5. The summed E-state index contributed by atoms with van der Waals surface area (Å²) in [5.74, 6) is 0.755. The lowest BCUT2D eigenvalue weighted by atomic mass is 9.96. The number of aliphatic hydroxyl groups is 1. The number of nitrogens with one attached hydrogen (secondary N) is 1. The molecule has 5 rings (SSSR count). The number of pyridine rings is 1. The predicted octanol–water partition coefficient (Wildman–Crippen LogP) is 4.00. The van der Waals surface area contributed by atoms with Crippen molar-refractivity contribution in [3.05, 3.63) is 82.9 Å². The Kier molecular flexibility index (Phi) is 6.02. The normalized spacial score (nSPS) is 15.2. The van der Waals surface area contributed by atoms with Crippen molar-refractivity contribution in [3.8, 4) is 11.3 Å². The minimum atomic E-state index is -0.482. The number of piperazine rings is 1. The Balaban J connectivity index is 1.38. The second-order valence-electron chi connectivity index (χ2n) is 9.11. The Morgan fingerprint density at radius 1 is 0.941 bits per heavy atom. The minimum absolute atomic E-state index is 0.158. The van der Waals surface area contributed by atoms with Crippen LogP contribution >= 0.6 is 0 Å². The molecule has 2 aromatic heterocycles. The number of aromatic amines is 1. The van der Waals surface area contributed by atoms with E-state index in [0.29, 0.717) is 11.6 Å². The average Bonchev–Trinajstić information content (AvgIpc) is 2.88. The maximum atomic E-state index is 12.3. The lowest BCUT2D eigenvalue weighted by Crippen LogP contribution is -2.47. The second-order valence-corrected chi connectivity index (χ2v) is 9.11. The zero-order valence-corrected chi connectivity index (χ0v) is 19.5. The molecule has 0 saturated carbocycles. The van der Waals surface area contributed by atoms with Crippen LogP contribution in [-0.4, -0.2) is 46.2 Å². The number of fused-ring (bicyclic) bond motifs is 1. The number of hydrogen-bond donors (Lipinski definition) is 2. The third kappa shape index (κ3) is 4.39. The van der Waals surface area contributed by atoms with Crippen molar-refractivity contribution in [1.82, 2.24) is 15.0 Å². The van der Waals surface area contributed by atoms with Gasteiger partial charge in [-0.05, 0) is 41.1 Å². The molecule has 2 aromatic carbocycles. The van der Waals surface area contributed by atoms with Crippen LogP contribution in [0, 0.1) is 5.92 Å². The third-order valence-corrected chi connectivity index (χ3v) is 6.48. The maximum Gasteiger partial charge on any atom is 0.252 e. The molecule has 2 N–H and O–H groups in total. The molecule has 0 radical (unpaired) electrons. The lowest BCUT2D eigenvalue weighted by molar-refractivity contribution is 0.127. The van der Waals surface area contributed by atoms with E-state index in [1.165, 1.54) is 11.8 Å². The van der Waals surface area contributed by atoms with Crippen LogP contribution in [0.2, 0.25) is 0 Å². The van der Waals surface area contributed by atoms with Gasteiger partial charge in [0.1, 0.15) is 0 Å². The van der Waals surface area contributed by atoms with Crippen LogP contribution in [0.25, 0.3) is 22.0 Å². The summed E-state index contributed by atoms with van der Waals surface area (Å²) < 4.78 is 0. The van der Waals surface area contributed by atoms with Gasteiger partial charge in [0.05, 0.1) is 11.8 Å². The van der Waals surface area contributed by atoms with Gasteiger partial charge in [-0.3, -0.25) is 14.8 Å². The van der Waals surface area contributed by atoms with Gasteiger partial charge in [-0.15, -0.1) is 0 Å². The van der Waals surface area contributed by atoms with Crippen molar-refractivity contribution >= 4 is 22.4 Å². The van der Waals surface area contributed by atoms with Gasteiger partial charge in [0.25, 0.3) is 5.56 Å². The van der Waals surface area contributed by atoms with E-state index in [4.69, 9.17) is 4.98 Å². The molecule has 3 heterocycles. The fourth-order valence-corrected chi connectivity index (χ4v) is 4.54. The number of aliphatic hydroxyl groups excluding tert-OH is 1. The van der Waals surface area contributed by atoms with Crippen molar-refractivity contribution in [1.29, 1.82) is 0 Å². The summed E-state index contributed by atoms with van der Waals surface area (Å²) in [4.78, 5) is 28.5. The predicted molar refractivity (Wildman–Crippen MR) is 136 cm³/mol. The summed E-state index contributed by atoms with van der Waals surface area (Å²) in [6, 6.07) is 17.8. The Morgan fingerprint density at radius 3 is 2.41 bits per heavy atom. The Bertz CT molecular complexity index is 1340. The molecular formula is C27H29N5O2. The topological polar surface area (TPSA) is 85.3 Å². The monoisotopic (exact) mass is 455 g/mol. The number of aromatic nitrogens is 3. The molecule has 1 atom stereocenters. The van der Waals surface area contributed by atoms with Gasteiger partial charge in [0.15, 0.2) is 0 Å². The molecule has 0 amide bonds. The Labute approximate surface area is 198 Å². The standard InChI is InChI=1S/C27H29N5O2/c1-18(2)26(34)21-7-6-19-4-3-5-24(22(19)16-21)31-12-14-32(15-13-31)27-29-23(17-25(33)30-27)20-8-10-28-11-9-20/h3-11,16-18,26,34H,12-15H2,1-2H3,(H,29,30,33). The van der Waals surface area contributed by atoms with Crippen LogP contribution in [0.3, 0.4) is 0 Å². The number of anilines is 2. The number of H-pyrrole nitrogens is 1. The summed E-state index contributed by atoms with van der Waals surface area (Å²) in [7, 11) is 0. The van der Waals surface area contributed by atoms with Crippen molar-refractivity contribution in [2.45, 2.75) is 20.0 Å². The second kappa shape index (κ2) is 9.27. The molecule has 0 bridgehead atoms. The van der Waals surface area contributed by atoms with Crippen LogP contribution in [0.15, 0.2) is 71.8 Å². The van der Waals surface area contributed by atoms with Crippen molar-refractivity contribution < 1.29 is 5.11 Å². The molecule has 34 heavy (non-hydrogen) atoms. The molecule has 0 aliphatic carbocycles. The van der Waals surface area contributed by atoms with E-state index in [-0.39, 0.29) is 11.5 Å². The van der Waals surface area contributed by atoms with E-state index in [2.05, 4.69) is 50.1 Å². The molecule has 1 aliphatic heterocycles. The first-order valence-electron chi connectivity index (χ1n) is 11.7. The van der Waals surface area contributed by atoms with Gasteiger partial charge in [-0.25, -0.2) is 4.98 Å². The minimum Gasteiger partial charge on any atom is -0.388 e. The molecule has 174 valence electrons. The quantitative estimate of drug-likeness (QED) is 0.473. The number of rotatable bonds is 5. The fourth-order valence-electron chi connectivity index (χ4n) is 4.54. The zero-order valence-electron chi connectivity index (χ0n) is 19.5. The zero-order chi connectivity index (χ0) is 23.7. The number of benzene rings is 2. The van der Waals surface area contributed by atoms with E-state index < -0.39 is 6.10 Å². The highest BCUT2D eigenvalue weighted by molar-refractivity contribution is 5.95. The fraction of sp³-hybridized carbons (Fsp3) is 0.296. The van der Waals surface area contributed by atoms with Crippen LogP contribution in [0.4, 0.5) is 11.6 Å².